The van der Waals surface area contributed by atoms with Crippen molar-refractivity contribution in [1.29, 1.82) is 0 Å². The van der Waals surface area contributed by atoms with Crippen LogP contribution in [-0.2, 0) is 0 Å². The van der Waals surface area contributed by atoms with E-state index >= 15 is 0 Å². The Bertz CT molecular complexity index is 1450. The molecule has 2 atom stereocenters. The average molecular weight is 499 g/mol. The zero-order chi connectivity index (χ0) is 24.8. The fraction of sp³-hybridized carbons (Fsp3) is 0.214. The van der Waals surface area contributed by atoms with Crippen molar-refractivity contribution < 1.29 is 14.2 Å². The Morgan fingerprint density at radius 3 is 2.61 bits per heavy atom. The fourth-order valence-corrected chi connectivity index (χ4v) is 5.61. The van der Waals surface area contributed by atoms with Crippen LogP contribution in [0.1, 0.15) is 34.7 Å². The van der Waals surface area contributed by atoms with Crippen molar-refractivity contribution in [3.05, 3.63) is 95.6 Å². The third-order valence-electron chi connectivity index (χ3n) is 6.85. The SMILES string of the molecule is COc1ccccc1N1C(=S)N[C@H](c2ccccn2)[C@@H]1c1cc(C)n(-c2ccc3c(c2)OCO3)c1C. The second-order valence-electron chi connectivity index (χ2n) is 8.87. The molecule has 1 fully saturated rings. The smallest absolute Gasteiger partial charge is 0.231 e. The summed E-state index contributed by atoms with van der Waals surface area (Å²) in [5, 5.41) is 4.17. The van der Waals surface area contributed by atoms with Gasteiger partial charge in [0.15, 0.2) is 16.6 Å². The maximum atomic E-state index is 5.91. The number of para-hydroxylation sites is 2. The van der Waals surface area contributed by atoms with E-state index in [1.54, 1.807) is 7.11 Å². The number of benzene rings is 2. The van der Waals surface area contributed by atoms with Crippen molar-refractivity contribution in [3.8, 4) is 22.9 Å². The van der Waals surface area contributed by atoms with Gasteiger partial charge in [-0.25, -0.2) is 0 Å². The van der Waals surface area contributed by atoms with Gasteiger partial charge in [-0.15, -0.1) is 0 Å². The molecule has 2 aliphatic rings. The minimum absolute atomic E-state index is 0.141. The number of hydrogen-bond donors (Lipinski definition) is 1. The number of nitrogens with one attached hydrogen (secondary N) is 1. The summed E-state index contributed by atoms with van der Waals surface area (Å²) in [6.07, 6.45) is 1.82. The standard InChI is InChI=1S/C28H26N4O3S/c1-17-14-20(18(2)31(17)19-11-12-24-25(15-19)35-16-34-24)27-26(21-8-6-7-13-29-21)30-28(36)32(27)22-9-4-5-10-23(22)33-3/h4-15,26-27H,16H2,1-3H3,(H,30,36)/t26-,27+/m1/s1. The van der Waals surface area contributed by atoms with Gasteiger partial charge in [0.1, 0.15) is 5.75 Å². The second-order valence-corrected chi connectivity index (χ2v) is 9.25. The van der Waals surface area contributed by atoms with Crippen LogP contribution in [-0.4, -0.2) is 28.6 Å². The minimum Gasteiger partial charge on any atom is -0.495 e. The lowest BCUT2D eigenvalue weighted by Crippen LogP contribution is -2.30. The molecule has 36 heavy (non-hydrogen) atoms. The molecule has 0 aliphatic carbocycles. The molecule has 182 valence electrons. The van der Waals surface area contributed by atoms with Gasteiger partial charge in [0.05, 0.1) is 30.6 Å². The van der Waals surface area contributed by atoms with Crippen molar-refractivity contribution in [2.75, 3.05) is 18.8 Å². The molecule has 4 aromatic rings. The average Bonchev–Trinajstić information content (AvgIpc) is 3.59. The van der Waals surface area contributed by atoms with Crippen LogP contribution in [0.2, 0.25) is 0 Å². The van der Waals surface area contributed by atoms with E-state index in [0.717, 1.165) is 51.3 Å². The first-order chi connectivity index (χ1) is 17.6. The molecule has 1 N–H and O–H groups in total. The Morgan fingerprint density at radius 2 is 1.81 bits per heavy atom. The highest BCUT2D eigenvalue weighted by Gasteiger charge is 2.43. The summed E-state index contributed by atoms with van der Waals surface area (Å²) in [6, 6.07) is 21.9. The van der Waals surface area contributed by atoms with E-state index in [1.807, 2.05) is 60.8 Å². The summed E-state index contributed by atoms with van der Waals surface area (Å²) in [4.78, 5) is 6.83. The first-order valence-electron chi connectivity index (χ1n) is 11.8. The largest absolute Gasteiger partial charge is 0.495 e. The molecule has 7 nitrogen and oxygen atoms in total. The number of nitrogens with zero attached hydrogens (tertiary/aromatic N) is 3. The fourth-order valence-electron chi connectivity index (χ4n) is 5.27. The molecule has 8 heteroatoms. The van der Waals surface area contributed by atoms with Crippen molar-refractivity contribution in [3.63, 3.8) is 0 Å². The third kappa shape index (κ3) is 3.56. The van der Waals surface area contributed by atoms with Crippen LogP contribution < -0.4 is 24.4 Å². The topological polar surface area (TPSA) is 60.8 Å². The summed E-state index contributed by atoms with van der Waals surface area (Å²) in [5.74, 6) is 2.29. The molecule has 2 aromatic heterocycles. The zero-order valence-electron chi connectivity index (χ0n) is 20.3. The Balaban J connectivity index is 1.52. The molecule has 6 rings (SSSR count). The lowest BCUT2D eigenvalue weighted by atomic mass is 9.96. The van der Waals surface area contributed by atoms with Crippen LogP contribution in [0.25, 0.3) is 5.69 Å². The molecule has 4 heterocycles. The summed E-state index contributed by atoms with van der Waals surface area (Å²) >= 11 is 5.91. The second kappa shape index (κ2) is 8.87. The zero-order valence-corrected chi connectivity index (χ0v) is 21.1. The number of anilines is 1. The van der Waals surface area contributed by atoms with Crippen LogP contribution in [0.5, 0.6) is 17.2 Å². The van der Waals surface area contributed by atoms with Gasteiger partial charge < -0.3 is 29.0 Å². The molecular formula is C28H26N4O3S. The number of fused-ring (bicyclic) bond motifs is 1. The number of hydrogen-bond acceptors (Lipinski definition) is 5. The molecule has 0 amide bonds. The van der Waals surface area contributed by atoms with E-state index in [1.165, 1.54) is 0 Å². The molecule has 0 spiro atoms. The Morgan fingerprint density at radius 1 is 1.00 bits per heavy atom. The summed E-state index contributed by atoms with van der Waals surface area (Å²) < 4.78 is 19.1. The number of pyridine rings is 1. The van der Waals surface area contributed by atoms with E-state index in [0.29, 0.717) is 5.11 Å². The Labute approximate surface area is 215 Å². The number of thiocarbonyl (C=S) groups is 1. The van der Waals surface area contributed by atoms with E-state index in [4.69, 9.17) is 26.4 Å². The quantitative estimate of drug-likeness (QED) is 0.370. The van der Waals surface area contributed by atoms with Gasteiger partial charge in [-0.3, -0.25) is 4.98 Å². The van der Waals surface area contributed by atoms with Gasteiger partial charge in [-0.05, 0) is 74.1 Å². The first-order valence-corrected chi connectivity index (χ1v) is 12.2. The molecule has 0 radical (unpaired) electrons. The highest BCUT2D eigenvalue weighted by molar-refractivity contribution is 7.80. The first kappa shape index (κ1) is 22.4. The van der Waals surface area contributed by atoms with Crippen LogP contribution >= 0.6 is 12.2 Å². The van der Waals surface area contributed by atoms with Crippen molar-refractivity contribution in [2.45, 2.75) is 25.9 Å². The normalized spacial score (nSPS) is 18.4. The van der Waals surface area contributed by atoms with Crippen molar-refractivity contribution >= 4 is 23.0 Å². The number of ether oxygens (including phenoxy) is 3. The van der Waals surface area contributed by atoms with Gasteiger partial charge in [0.2, 0.25) is 6.79 Å². The molecule has 0 saturated carbocycles. The Kier molecular flexibility index (Phi) is 5.53. The predicted molar refractivity (Wildman–Crippen MR) is 142 cm³/mol. The van der Waals surface area contributed by atoms with Crippen molar-refractivity contribution in [2.24, 2.45) is 0 Å². The number of aromatic nitrogens is 2. The summed E-state index contributed by atoms with van der Waals surface area (Å²) in [6.45, 7) is 4.51. The highest BCUT2D eigenvalue weighted by atomic mass is 32.1. The van der Waals surface area contributed by atoms with Crippen LogP contribution in [0.15, 0.2) is 72.9 Å². The van der Waals surface area contributed by atoms with E-state index < -0.39 is 0 Å². The monoisotopic (exact) mass is 498 g/mol. The predicted octanol–water partition coefficient (Wildman–Crippen LogP) is 5.40. The summed E-state index contributed by atoms with van der Waals surface area (Å²) in [5.41, 5.74) is 6.23. The van der Waals surface area contributed by atoms with E-state index in [2.05, 4.69) is 45.7 Å². The van der Waals surface area contributed by atoms with Crippen molar-refractivity contribution in [1.82, 2.24) is 14.9 Å². The van der Waals surface area contributed by atoms with E-state index in [-0.39, 0.29) is 18.9 Å². The molecule has 1 saturated heterocycles. The summed E-state index contributed by atoms with van der Waals surface area (Å²) in [7, 11) is 1.68. The molecular weight excluding hydrogens is 472 g/mol. The van der Waals surface area contributed by atoms with Crippen LogP contribution in [0, 0.1) is 13.8 Å². The Hall–Kier alpha value is -4.04. The molecule has 0 unspecified atom stereocenters. The number of methoxy groups -OCH3 is 1. The van der Waals surface area contributed by atoms with Gasteiger partial charge >= 0.3 is 0 Å². The number of rotatable bonds is 5. The van der Waals surface area contributed by atoms with Gasteiger partial charge in [-0.2, -0.15) is 0 Å². The molecule has 0 bridgehead atoms. The lowest BCUT2D eigenvalue weighted by molar-refractivity contribution is 0.174. The maximum absolute atomic E-state index is 5.91. The lowest BCUT2D eigenvalue weighted by Gasteiger charge is -2.29. The van der Waals surface area contributed by atoms with Gasteiger partial charge in [0, 0.05) is 29.3 Å². The third-order valence-corrected chi connectivity index (χ3v) is 7.16. The van der Waals surface area contributed by atoms with Gasteiger partial charge in [-0.1, -0.05) is 18.2 Å². The van der Waals surface area contributed by atoms with Gasteiger partial charge in [0.25, 0.3) is 0 Å². The van der Waals surface area contributed by atoms with E-state index in [9.17, 15) is 0 Å². The maximum Gasteiger partial charge on any atom is 0.231 e. The number of aryl methyl sites for hydroxylation is 1. The molecule has 2 aliphatic heterocycles. The van der Waals surface area contributed by atoms with Crippen LogP contribution in [0.4, 0.5) is 5.69 Å². The van der Waals surface area contributed by atoms with Crippen LogP contribution in [0.3, 0.4) is 0 Å². The minimum atomic E-state index is -0.144. The molecule has 2 aromatic carbocycles. The highest BCUT2D eigenvalue weighted by Crippen LogP contribution is 2.46.